The zero-order valence-corrected chi connectivity index (χ0v) is 13.4. The second kappa shape index (κ2) is 6.16. The largest absolute Gasteiger partial charge is 0.489 e. The van der Waals surface area contributed by atoms with Gasteiger partial charge in [-0.2, -0.15) is 0 Å². The molecule has 1 aromatic carbocycles. The van der Waals surface area contributed by atoms with Crippen LogP contribution in [0.5, 0.6) is 5.75 Å². The first kappa shape index (κ1) is 14.5. The minimum absolute atomic E-state index is 0.277. The molecule has 3 heterocycles. The first-order valence-corrected chi connectivity index (χ1v) is 8.27. The van der Waals surface area contributed by atoms with Crippen LogP contribution in [0.1, 0.15) is 12.0 Å². The maximum Gasteiger partial charge on any atom is 0.225 e. The lowest BCUT2D eigenvalue weighted by molar-refractivity contribution is 0.192. The van der Waals surface area contributed by atoms with E-state index in [0.29, 0.717) is 6.04 Å². The van der Waals surface area contributed by atoms with Crippen LogP contribution < -0.4 is 9.64 Å². The lowest BCUT2D eigenvalue weighted by Crippen LogP contribution is -2.50. The maximum atomic E-state index is 6.17. The van der Waals surface area contributed by atoms with E-state index in [0.717, 1.165) is 44.3 Å². The minimum Gasteiger partial charge on any atom is -0.489 e. The van der Waals surface area contributed by atoms with Crippen molar-refractivity contribution in [1.82, 2.24) is 14.9 Å². The van der Waals surface area contributed by atoms with E-state index in [1.165, 1.54) is 5.56 Å². The normalized spacial score (nSPS) is 24.5. The van der Waals surface area contributed by atoms with Crippen molar-refractivity contribution in [2.75, 3.05) is 31.1 Å². The number of nitrogens with zero attached hydrogens (tertiary/aromatic N) is 4. The van der Waals surface area contributed by atoms with Gasteiger partial charge in [-0.25, -0.2) is 9.97 Å². The molecule has 0 N–H and O–H groups in total. The monoisotopic (exact) mass is 310 g/mol. The van der Waals surface area contributed by atoms with E-state index in [1.807, 2.05) is 18.5 Å². The van der Waals surface area contributed by atoms with Gasteiger partial charge in [0.1, 0.15) is 11.9 Å². The van der Waals surface area contributed by atoms with Crippen molar-refractivity contribution < 1.29 is 4.74 Å². The van der Waals surface area contributed by atoms with Crippen LogP contribution in [0.4, 0.5) is 5.95 Å². The molecule has 120 valence electrons. The summed E-state index contributed by atoms with van der Waals surface area (Å²) in [6.07, 6.45) is 4.97. The van der Waals surface area contributed by atoms with Gasteiger partial charge in [-0.15, -0.1) is 0 Å². The second-order valence-electron chi connectivity index (χ2n) is 6.43. The number of fused-ring (bicyclic) bond motifs is 1. The van der Waals surface area contributed by atoms with Gasteiger partial charge in [0, 0.05) is 51.0 Å². The fourth-order valence-corrected chi connectivity index (χ4v) is 3.53. The van der Waals surface area contributed by atoms with E-state index in [9.17, 15) is 0 Å². The van der Waals surface area contributed by atoms with Gasteiger partial charge in [0.05, 0.1) is 0 Å². The average molecular weight is 310 g/mol. The zero-order valence-electron chi connectivity index (χ0n) is 13.4. The quantitative estimate of drug-likeness (QED) is 0.869. The lowest BCUT2D eigenvalue weighted by Gasteiger charge is -2.37. The third-order valence-electron chi connectivity index (χ3n) is 4.74. The number of aryl methyl sites for hydroxylation is 1. The van der Waals surface area contributed by atoms with E-state index in [4.69, 9.17) is 4.74 Å². The summed E-state index contributed by atoms with van der Waals surface area (Å²) in [7, 11) is 0. The Labute approximate surface area is 136 Å². The Balaban J connectivity index is 1.39. The van der Waals surface area contributed by atoms with Crippen LogP contribution in [0.15, 0.2) is 42.7 Å². The third kappa shape index (κ3) is 3.15. The SMILES string of the molecule is Cc1ccc(O[C@@H]2C[C@H]3CN(c4ncccn4)CCN3C2)cc1. The highest BCUT2D eigenvalue weighted by Crippen LogP contribution is 2.27. The van der Waals surface area contributed by atoms with Crippen molar-refractivity contribution in [2.24, 2.45) is 0 Å². The van der Waals surface area contributed by atoms with E-state index in [-0.39, 0.29) is 6.10 Å². The van der Waals surface area contributed by atoms with E-state index in [1.54, 1.807) is 0 Å². The van der Waals surface area contributed by atoms with Gasteiger partial charge in [0.2, 0.25) is 5.95 Å². The fraction of sp³-hybridized carbons (Fsp3) is 0.444. The van der Waals surface area contributed by atoms with E-state index in [2.05, 4.69) is 51.0 Å². The molecule has 0 radical (unpaired) electrons. The molecule has 5 nitrogen and oxygen atoms in total. The van der Waals surface area contributed by atoms with Crippen LogP contribution >= 0.6 is 0 Å². The average Bonchev–Trinajstić information content (AvgIpc) is 2.99. The van der Waals surface area contributed by atoms with Crippen LogP contribution in [-0.2, 0) is 0 Å². The maximum absolute atomic E-state index is 6.17. The summed E-state index contributed by atoms with van der Waals surface area (Å²) in [4.78, 5) is 13.6. The molecule has 0 unspecified atom stereocenters. The van der Waals surface area contributed by atoms with Gasteiger partial charge in [-0.3, -0.25) is 4.90 Å². The number of hydrogen-bond donors (Lipinski definition) is 0. The zero-order chi connectivity index (χ0) is 15.6. The van der Waals surface area contributed by atoms with Crippen LogP contribution in [0.25, 0.3) is 0 Å². The molecule has 0 saturated carbocycles. The van der Waals surface area contributed by atoms with E-state index < -0.39 is 0 Å². The standard InChI is InChI=1S/C18H22N4O/c1-14-3-5-16(6-4-14)23-17-11-15-12-22(10-9-21(15)13-17)18-19-7-2-8-20-18/h2-8,15,17H,9-13H2,1H3/t15-,17+/m0/s1. The highest BCUT2D eigenvalue weighted by Gasteiger charge is 2.37. The predicted molar refractivity (Wildman–Crippen MR) is 89.8 cm³/mol. The minimum atomic E-state index is 0.277. The summed E-state index contributed by atoms with van der Waals surface area (Å²) < 4.78 is 6.17. The summed E-state index contributed by atoms with van der Waals surface area (Å²) in [5.74, 6) is 1.82. The predicted octanol–water partition coefficient (Wildman–Crippen LogP) is 2.13. The highest BCUT2D eigenvalue weighted by atomic mass is 16.5. The van der Waals surface area contributed by atoms with Crippen molar-refractivity contribution in [1.29, 1.82) is 0 Å². The molecule has 0 amide bonds. The molecular weight excluding hydrogens is 288 g/mol. The number of anilines is 1. The number of piperazine rings is 1. The Morgan fingerprint density at radius 1 is 1.04 bits per heavy atom. The van der Waals surface area contributed by atoms with Crippen molar-refractivity contribution in [3.63, 3.8) is 0 Å². The van der Waals surface area contributed by atoms with Crippen LogP contribution in [0, 0.1) is 6.92 Å². The van der Waals surface area contributed by atoms with Crippen LogP contribution in [-0.4, -0.2) is 53.2 Å². The molecule has 2 saturated heterocycles. The van der Waals surface area contributed by atoms with Gasteiger partial charge < -0.3 is 9.64 Å². The number of ether oxygens (including phenoxy) is 1. The molecule has 0 spiro atoms. The molecule has 0 bridgehead atoms. The fourth-order valence-electron chi connectivity index (χ4n) is 3.53. The molecule has 4 rings (SSSR count). The van der Waals surface area contributed by atoms with Crippen LogP contribution in [0.2, 0.25) is 0 Å². The van der Waals surface area contributed by atoms with Crippen molar-refractivity contribution >= 4 is 5.95 Å². The summed E-state index contributed by atoms with van der Waals surface area (Å²) in [5, 5.41) is 0. The molecule has 2 aliphatic heterocycles. The summed E-state index contributed by atoms with van der Waals surface area (Å²) in [6.45, 7) is 6.13. The highest BCUT2D eigenvalue weighted by molar-refractivity contribution is 5.31. The molecule has 1 aromatic heterocycles. The molecule has 5 heteroatoms. The first-order valence-electron chi connectivity index (χ1n) is 8.27. The molecule has 2 atom stereocenters. The smallest absolute Gasteiger partial charge is 0.225 e. The van der Waals surface area contributed by atoms with Crippen molar-refractivity contribution in [3.8, 4) is 5.75 Å². The number of benzene rings is 1. The first-order chi connectivity index (χ1) is 11.3. The number of rotatable bonds is 3. The molecule has 23 heavy (non-hydrogen) atoms. The molecule has 2 aliphatic rings. The summed E-state index contributed by atoms with van der Waals surface area (Å²) >= 11 is 0. The van der Waals surface area contributed by atoms with Gasteiger partial charge in [0.15, 0.2) is 0 Å². The van der Waals surface area contributed by atoms with Gasteiger partial charge in [-0.05, 0) is 25.1 Å². The Kier molecular flexibility index (Phi) is 3.87. The summed E-state index contributed by atoms with van der Waals surface area (Å²) in [5.41, 5.74) is 1.26. The third-order valence-corrected chi connectivity index (χ3v) is 4.74. The Bertz CT molecular complexity index is 646. The lowest BCUT2D eigenvalue weighted by atomic mass is 10.1. The Morgan fingerprint density at radius 2 is 1.83 bits per heavy atom. The topological polar surface area (TPSA) is 41.5 Å². The Morgan fingerprint density at radius 3 is 2.61 bits per heavy atom. The van der Waals surface area contributed by atoms with E-state index >= 15 is 0 Å². The number of hydrogen-bond acceptors (Lipinski definition) is 5. The summed E-state index contributed by atoms with van der Waals surface area (Å²) in [6, 6.07) is 10.7. The molecule has 0 aliphatic carbocycles. The van der Waals surface area contributed by atoms with Crippen molar-refractivity contribution in [3.05, 3.63) is 48.3 Å². The van der Waals surface area contributed by atoms with Gasteiger partial charge in [-0.1, -0.05) is 17.7 Å². The number of aromatic nitrogens is 2. The van der Waals surface area contributed by atoms with Gasteiger partial charge in [0.25, 0.3) is 0 Å². The van der Waals surface area contributed by atoms with Crippen LogP contribution in [0.3, 0.4) is 0 Å². The molecule has 2 aromatic rings. The van der Waals surface area contributed by atoms with Gasteiger partial charge >= 0.3 is 0 Å². The molecule has 2 fully saturated rings. The second-order valence-corrected chi connectivity index (χ2v) is 6.43. The Hall–Kier alpha value is -2.14. The molecular formula is C18H22N4O. The van der Waals surface area contributed by atoms with Crippen molar-refractivity contribution in [2.45, 2.75) is 25.5 Å².